The van der Waals surface area contributed by atoms with Crippen LogP contribution in [0.1, 0.15) is 39.5 Å². The van der Waals surface area contributed by atoms with E-state index in [9.17, 15) is 0 Å². The van der Waals surface area contributed by atoms with Gasteiger partial charge >= 0.3 is 0 Å². The van der Waals surface area contributed by atoms with Crippen molar-refractivity contribution in [2.75, 3.05) is 6.61 Å². The van der Waals surface area contributed by atoms with Gasteiger partial charge < -0.3 is 4.74 Å². The third-order valence-electron chi connectivity index (χ3n) is 7.80. The van der Waals surface area contributed by atoms with Crippen LogP contribution in [0.3, 0.4) is 0 Å². The lowest BCUT2D eigenvalue weighted by Crippen LogP contribution is -2.11. The number of hydrogen-bond acceptors (Lipinski definition) is 2. The second-order valence-corrected chi connectivity index (χ2v) is 12.3. The van der Waals surface area contributed by atoms with Crippen LogP contribution in [-0.2, 0) is 0 Å². The number of para-hydroxylation sites is 1. The van der Waals surface area contributed by atoms with E-state index in [1.807, 2.05) is 0 Å². The van der Waals surface area contributed by atoms with Gasteiger partial charge in [-0.1, -0.05) is 95.3 Å². The normalized spacial score (nSPS) is 12.4. The second-order valence-electron chi connectivity index (χ2n) is 10.4. The van der Waals surface area contributed by atoms with E-state index in [2.05, 4.69) is 141 Å². The molecule has 0 aliphatic rings. The first-order chi connectivity index (χ1) is 19.6. The van der Waals surface area contributed by atoms with Crippen LogP contribution in [0.25, 0.3) is 49.7 Å². The van der Waals surface area contributed by atoms with Crippen LogP contribution in [0.5, 0.6) is 5.75 Å². The fourth-order valence-corrected chi connectivity index (χ4v) is 6.31. The Balaban J connectivity index is 1.53. The molecular weight excluding hydrogens is 624 g/mol. The zero-order valence-corrected chi connectivity index (χ0v) is 26.0. The van der Waals surface area contributed by atoms with Gasteiger partial charge in [-0.2, -0.15) is 0 Å². The fourth-order valence-electron chi connectivity index (χ4n) is 5.59. The summed E-state index contributed by atoms with van der Waals surface area (Å²) in [6.07, 6.45) is 4.85. The van der Waals surface area contributed by atoms with Crippen molar-refractivity contribution in [3.8, 4) is 22.8 Å². The molecule has 0 radical (unpaired) electrons. The van der Waals surface area contributed by atoms with Crippen molar-refractivity contribution >= 4 is 64.4 Å². The summed E-state index contributed by atoms with van der Waals surface area (Å²) in [5.41, 5.74) is 4.22. The number of unbranched alkanes of at least 4 members (excludes halogenated alkanes) is 1. The molecule has 1 atom stereocenters. The Bertz CT molecular complexity index is 1790. The summed E-state index contributed by atoms with van der Waals surface area (Å²) < 4.78 is 10.6. The summed E-state index contributed by atoms with van der Waals surface area (Å²) in [5, 5.41) is 4.70. The van der Waals surface area contributed by atoms with Gasteiger partial charge in [0.1, 0.15) is 11.6 Å². The molecule has 6 aromatic rings. The Morgan fingerprint density at radius 2 is 1.45 bits per heavy atom. The van der Waals surface area contributed by atoms with Gasteiger partial charge in [0.15, 0.2) is 0 Å². The van der Waals surface area contributed by atoms with E-state index < -0.39 is 0 Å². The van der Waals surface area contributed by atoms with Gasteiger partial charge in [-0.15, -0.1) is 0 Å². The number of aromatic nitrogens is 2. The molecule has 0 amide bonds. The van der Waals surface area contributed by atoms with Gasteiger partial charge in [0, 0.05) is 31.0 Å². The minimum Gasteiger partial charge on any atom is -0.493 e. The summed E-state index contributed by atoms with van der Waals surface area (Å²) in [6.45, 7) is 5.27. The molecule has 0 saturated heterocycles. The van der Waals surface area contributed by atoms with Crippen molar-refractivity contribution in [1.82, 2.24) is 9.55 Å². The van der Waals surface area contributed by atoms with Crippen LogP contribution in [0.15, 0.2) is 99.9 Å². The quantitative estimate of drug-likeness (QED) is 0.145. The summed E-state index contributed by atoms with van der Waals surface area (Å²) in [6, 6.07) is 32.0. The minimum atomic E-state index is 0.599. The monoisotopic (exact) mass is 654 g/mol. The van der Waals surface area contributed by atoms with Crippen molar-refractivity contribution in [3.05, 3.63) is 99.9 Å². The van der Waals surface area contributed by atoms with Gasteiger partial charge in [0.05, 0.1) is 17.6 Å². The number of fused-ring (bicyclic) bond motifs is 6. The van der Waals surface area contributed by atoms with Crippen LogP contribution in [0.4, 0.5) is 0 Å². The SMILES string of the molecule is CCCCC(CC)COc1ccc(-c2nc3c4cc(Br)ccc4c4ccc(Br)cc4c3n2-c2ccccc2)cc1. The van der Waals surface area contributed by atoms with E-state index in [0.29, 0.717) is 5.92 Å². The number of benzene rings is 5. The van der Waals surface area contributed by atoms with Gasteiger partial charge in [-0.3, -0.25) is 4.57 Å². The van der Waals surface area contributed by atoms with Crippen molar-refractivity contribution in [1.29, 1.82) is 0 Å². The van der Waals surface area contributed by atoms with Crippen molar-refractivity contribution in [2.45, 2.75) is 39.5 Å². The Kier molecular flexibility index (Phi) is 7.95. The van der Waals surface area contributed by atoms with Crippen LogP contribution in [0, 0.1) is 5.92 Å². The first-order valence-electron chi connectivity index (χ1n) is 14.1. The molecule has 202 valence electrons. The van der Waals surface area contributed by atoms with Crippen LogP contribution < -0.4 is 4.74 Å². The highest BCUT2D eigenvalue weighted by atomic mass is 79.9. The van der Waals surface area contributed by atoms with Crippen LogP contribution >= 0.6 is 31.9 Å². The molecule has 0 fully saturated rings. The van der Waals surface area contributed by atoms with E-state index in [4.69, 9.17) is 9.72 Å². The molecule has 0 bridgehead atoms. The zero-order valence-electron chi connectivity index (χ0n) is 22.8. The minimum absolute atomic E-state index is 0.599. The molecule has 5 heteroatoms. The first-order valence-corrected chi connectivity index (χ1v) is 15.7. The molecule has 0 N–H and O–H groups in total. The highest BCUT2D eigenvalue weighted by Gasteiger charge is 2.20. The Hall–Kier alpha value is -3.15. The van der Waals surface area contributed by atoms with Crippen molar-refractivity contribution in [3.63, 3.8) is 0 Å². The maximum absolute atomic E-state index is 6.22. The maximum atomic E-state index is 6.22. The molecule has 40 heavy (non-hydrogen) atoms. The molecule has 5 aromatic carbocycles. The molecule has 6 rings (SSSR count). The summed E-state index contributed by atoms with van der Waals surface area (Å²) in [4.78, 5) is 5.35. The summed E-state index contributed by atoms with van der Waals surface area (Å²) in [7, 11) is 0. The smallest absolute Gasteiger partial charge is 0.145 e. The average Bonchev–Trinajstić information content (AvgIpc) is 3.39. The predicted octanol–water partition coefficient (Wildman–Crippen LogP) is 11.1. The lowest BCUT2D eigenvalue weighted by molar-refractivity contribution is 0.233. The number of nitrogens with zero attached hydrogens (tertiary/aromatic N) is 2. The van der Waals surface area contributed by atoms with E-state index in [1.54, 1.807) is 0 Å². The predicted molar refractivity (Wildman–Crippen MR) is 176 cm³/mol. The second kappa shape index (κ2) is 11.8. The Morgan fingerprint density at radius 1 is 0.775 bits per heavy atom. The first kappa shape index (κ1) is 27.0. The van der Waals surface area contributed by atoms with Gasteiger partial charge in [-0.05, 0) is 83.8 Å². The molecule has 1 unspecified atom stereocenters. The third kappa shape index (κ3) is 5.17. The lowest BCUT2D eigenvalue weighted by Gasteiger charge is -2.16. The maximum Gasteiger partial charge on any atom is 0.145 e. The lowest BCUT2D eigenvalue weighted by atomic mass is 10.00. The number of rotatable bonds is 9. The number of imidazole rings is 1. The molecule has 0 spiro atoms. The average molecular weight is 656 g/mol. The van der Waals surface area contributed by atoms with Crippen molar-refractivity contribution in [2.24, 2.45) is 5.92 Å². The summed E-state index contributed by atoms with van der Waals surface area (Å²) >= 11 is 7.43. The van der Waals surface area contributed by atoms with Crippen LogP contribution in [0.2, 0.25) is 0 Å². The Morgan fingerprint density at radius 3 is 2.12 bits per heavy atom. The molecule has 3 nitrogen and oxygen atoms in total. The van der Waals surface area contributed by atoms with Crippen molar-refractivity contribution < 1.29 is 4.74 Å². The van der Waals surface area contributed by atoms with E-state index in [1.165, 1.54) is 35.4 Å². The molecular formula is C35H32Br2N2O. The van der Waals surface area contributed by atoms with E-state index in [-0.39, 0.29) is 0 Å². The number of halogens is 2. The van der Waals surface area contributed by atoms with Gasteiger partial charge in [0.2, 0.25) is 0 Å². The molecule has 1 aromatic heterocycles. The van der Waals surface area contributed by atoms with Crippen LogP contribution in [-0.4, -0.2) is 16.2 Å². The molecule has 0 saturated carbocycles. The van der Waals surface area contributed by atoms with E-state index in [0.717, 1.165) is 61.2 Å². The molecule has 0 aliphatic heterocycles. The zero-order chi connectivity index (χ0) is 27.6. The largest absolute Gasteiger partial charge is 0.493 e. The van der Waals surface area contributed by atoms with Gasteiger partial charge in [0.25, 0.3) is 0 Å². The highest BCUT2D eigenvalue weighted by molar-refractivity contribution is 9.10. The topological polar surface area (TPSA) is 27.1 Å². The number of ether oxygens (including phenoxy) is 1. The molecule has 1 heterocycles. The number of hydrogen-bond donors (Lipinski definition) is 0. The third-order valence-corrected chi connectivity index (χ3v) is 8.78. The highest BCUT2D eigenvalue weighted by Crippen LogP contribution is 2.41. The standard InChI is InChI=1S/C35H32Br2N2O/c1-3-5-9-23(4-2)22-40-28-16-12-24(13-17-28)35-38-33-31-20-25(36)14-18-29(31)30-19-15-26(37)21-32(30)34(33)39(35)27-10-7-6-8-11-27/h6-8,10-21,23H,3-5,9,22H2,1-2H3. The van der Waals surface area contributed by atoms with E-state index >= 15 is 0 Å². The Labute approximate surface area is 252 Å². The van der Waals surface area contributed by atoms with Gasteiger partial charge in [-0.25, -0.2) is 4.98 Å². The molecule has 0 aliphatic carbocycles. The summed E-state index contributed by atoms with van der Waals surface area (Å²) in [5.74, 6) is 2.42. The fraction of sp³-hybridized carbons (Fsp3) is 0.229.